The Bertz CT molecular complexity index is 239. The van der Waals surface area contributed by atoms with E-state index in [0.717, 1.165) is 13.0 Å². The second kappa shape index (κ2) is 4.12. The zero-order valence-corrected chi connectivity index (χ0v) is 10.4. The van der Waals surface area contributed by atoms with Crippen LogP contribution in [0.4, 0.5) is 0 Å². The van der Waals surface area contributed by atoms with Crippen molar-refractivity contribution >= 4 is 5.97 Å². The summed E-state index contributed by atoms with van der Waals surface area (Å²) in [5, 5.41) is 0. The molecular weight excluding hydrogens is 192 g/mol. The van der Waals surface area contributed by atoms with Crippen molar-refractivity contribution in [1.29, 1.82) is 0 Å². The van der Waals surface area contributed by atoms with E-state index in [1.807, 2.05) is 13.8 Å². The average Bonchev–Trinajstić information content (AvgIpc) is 2.97. The van der Waals surface area contributed by atoms with Crippen LogP contribution in [-0.4, -0.2) is 25.3 Å². The fraction of sp³-hybridized carbons (Fsp3) is 0.917. The van der Waals surface area contributed by atoms with Crippen molar-refractivity contribution in [2.24, 2.45) is 10.8 Å². The predicted octanol–water partition coefficient (Wildman–Crippen LogP) is 2.39. The van der Waals surface area contributed by atoms with Crippen molar-refractivity contribution in [3.8, 4) is 0 Å². The predicted molar refractivity (Wildman–Crippen MR) is 58.6 cm³/mol. The van der Waals surface area contributed by atoms with E-state index >= 15 is 0 Å². The summed E-state index contributed by atoms with van der Waals surface area (Å²) in [6.45, 7) is 11.3. The smallest absolute Gasteiger partial charge is 0.312 e. The van der Waals surface area contributed by atoms with Gasteiger partial charge >= 0.3 is 5.97 Å². The molecule has 0 amide bonds. The zero-order chi connectivity index (χ0) is 11.7. The van der Waals surface area contributed by atoms with Crippen LogP contribution in [0.25, 0.3) is 0 Å². The summed E-state index contributed by atoms with van der Waals surface area (Å²) in [6.07, 6.45) is 1.10. The van der Waals surface area contributed by atoms with Crippen molar-refractivity contribution < 1.29 is 14.3 Å². The Labute approximate surface area is 92.1 Å². The second-order valence-electron chi connectivity index (χ2n) is 5.42. The maximum atomic E-state index is 11.9. The van der Waals surface area contributed by atoms with Crippen LogP contribution in [0.1, 0.15) is 41.0 Å². The van der Waals surface area contributed by atoms with Gasteiger partial charge in [0, 0.05) is 0 Å². The van der Waals surface area contributed by atoms with Crippen LogP contribution in [0, 0.1) is 10.8 Å². The van der Waals surface area contributed by atoms with Crippen molar-refractivity contribution in [3.63, 3.8) is 0 Å². The van der Waals surface area contributed by atoms with E-state index in [-0.39, 0.29) is 17.5 Å². The maximum absolute atomic E-state index is 11.9. The normalized spacial score (nSPS) is 21.3. The molecule has 0 aliphatic carbocycles. The molecule has 0 radical (unpaired) electrons. The summed E-state index contributed by atoms with van der Waals surface area (Å²) in [4.78, 5) is 11.9. The van der Waals surface area contributed by atoms with Crippen molar-refractivity contribution in [3.05, 3.63) is 0 Å². The summed E-state index contributed by atoms with van der Waals surface area (Å²) in [7, 11) is 0. The van der Waals surface area contributed by atoms with Crippen LogP contribution in [0.3, 0.4) is 0 Å². The van der Waals surface area contributed by atoms with Gasteiger partial charge < -0.3 is 9.47 Å². The van der Waals surface area contributed by atoms with Crippen molar-refractivity contribution in [1.82, 2.24) is 0 Å². The minimum Gasteiger partial charge on any atom is -0.462 e. The summed E-state index contributed by atoms with van der Waals surface area (Å²) >= 11 is 0. The van der Waals surface area contributed by atoms with E-state index in [9.17, 15) is 4.79 Å². The fourth-order valence-electron chi connectivity index (χ4n) is 1.23. The Kier molecular flexibility index (Phi) is 3.44. The minimum absolute atomic E-state index is 0.0471. The zero-order valence-electron chi connectivity index (χ0n) is 10.4. The first-order chi connectivity index (χ1) is 6.81. The number of ether oxygens (including phenoxy) is 2. The third-order valence-corrected chi connectivity index (χ3v) is 3.89. The summed E-state index contributed by atoms with van der Waals surface area (Å²) < 4.78 is 10.3. The molecular formula is C12H22O3. The van der Waals surface area contributed by atoms with Gasteiger partial charge in [0.05, 0.1) is 12.0 Å². The van der Waals surface area contributed by atoms with Gasteiger partial charge in [-0.15, -0.1) is 0 Å². The average molecular weight is 214 g/mol. The lowest BCUT2D eigenvalue weighted by molar-refractivity contribution is -0.161. The standard InChI is InChI=1S/C12H22O3/c1-6-11(2,3)12(4,5)10(13)15-8-9-7-14-9/h9H,6-8H2,1-5H3. The summed E-state index contributed by atoms with van der Waals surface area (Å²) in [6, 6.07) is 0. The number of esters is 1. The van der Waals surface area contributed by atoms with Crippen LogP contribution in [0.5, 0.6) is 0 Å². The van der Waals surface area contributed by atoms with E-state index in [1.165, 1.54) is 0 Å². The van der Waals surface area contributed by atoms with E-state index in [1.54, 1.807) is 0 Å². The fourth-order valence-corrected chi connectivity index (χ4v) is 1.23. The Morgan fingerprint density at radius 1 is 1.40 bits per heavy atom. The van der Waals surface area contributed by atoms with Gasteiger partial charge in [-0.25, -0.2) is 0 Å². The van der Waals surface area contributed by atoms with Gasteiger partial charge in [-0.2, -0.15) is 0 Å². The molecule has 1 unspecified atom stereocenters. The minimum atomic E-state index is -0.448. The van der Waals surface area contributed by atoms with E-state index < -0.39 is 5.41 Å². The highest BCUT2D eigenvalue weighted by molar-refractivity contribution is 5.77. The highest BCUT2D eigenvalue weighted by Crippen LogP contribution is 2.42. The largest absolute Gasteiger partial charge is 0.462 e. The number of rotatable bonds is 5. The molecule has 0 aromatic carbocycles. The molecule has 0 aromatic heterocycles. The van der Waals surface area contributed by atoms with E-state index in [0.29, 0.717) is 6.61 Å². The number of hydrogen-bond acceptors (Lipinski definition) is 3. The number of carbonyl (C=O) groups is 1. The van der Waals surface area contributed by atoms with E-state index in [4.69, 9.17) is 9.47 Å². The van der Waals surface area contributed by atoms with Crippen molar-refractivity contribution in [2.45, 2.75) is 47.1 Å². The molecule has 1 atom stereocenters. The monoisotopic (exact) mass is 214 g/mol. The quantitative estimate of drug-likeness (QED) is 0.521. The molecule has 1 saturated heterocycles. The summed E-state index contributed by atoms with van der Waals surface area (Å²) in [5.74, 6) is -0.121. The molecule has 15 heavy (non-hydrogen) atoms. The van der Waals surface area contributed by atoms with Crippen LogP contribution in [-0.2, 0) is 14.3 Å². The SMILES string of the molecule is CCC(C)(C)C(C)(C)C(=O)OCC1CO1. The molecule has 1 aliphatic rings. The Morgan fingerprint density at radius 3 is 2.33 bits per heavy atom. The molecule has 3 nitrogen and oxygen atoms in total. The molecule has 1 fully saturated rings. The lowest BCUT2D eigenvalue weighted by atomic mass is 9.66. The molecule has 0 bridgehead atoms. The summed E-state index contributed by atoms with van der Waals surface area (Å²) in [5.41, 5.74) is -0.495. The number of hydrogen-bond donors (Lipinski definition) is 0. The van der Waals surface area contributed by atoms with Gasteiger partial charge in [0.25, 0.3) is 0 Å². The first-order valence-electron chi connectivity index (χ1n) is 5.60. The molecule has 0 saturated carbocycles. The second-order valence-corrected chi connectivity index (χ2v) is 5.42. The third kappa shape index (κ3) is 2.71. The van der Waals surface area contributed by atoms with Crippen LogP contribution in [0.2, 0.25) is 0 Å². The topological polar surface area (TPSA) is 38.8 Å². The molecule has 1 aliphatic heterocycles. The molecule has 0 aromatic rings. The van der Waals surface area contributed by atoms with Gasteiger partial charge in [0.2, 0.25) is 0 Å². The molecule has 0 spiro atoms. The van der Waals surface area contributed by atoms with E-state index in [2.05, 4.69) is 20.8 Å². The highest BCUT2D eigenvalue weighted by atomic mass is 16.6. The Hall–Kier alpha value is -0.570. The lowest BCUT2D eigenvalue weighted by Gasteiger charge is -2.38. The molecule has 1 rings (SSSR count). The maximum Gasteiger partial charge on any atom is 0.312 e. The molecule has 0 N–H and O–H groups in total. The third-order valence-electron chi connectivity index (χ3n) is 3.89. The van der Waals surface area contributed by atoms with Gasteiger partial charge in [-0.05, 0) is 25.7 Å². The molecule has 3 heteroatoms. The van der Waals surface area contributed by atoms with Crippen LogP contribution < -0.4 is 0 Å². The van der Waals surface area contributed by atoms with Crippen LogP contribution >= 0.6 is 0 Å². The van der Waals surface area contributed by atoms with Gasteiger partial charge in [-0.3, -0.25) is 4.79 Å². The Morgan fingerprint density at radius 2 is 1.93 bits per heavy atom. The lowest BCUT2D eigenvalue weighted by Crippen LogP contribution is -2.40. The highest BCUT2D eigenvalue weighted by Gasteiger charge is 2.43. The first kappa shape index (κ1) is 12.5. The van der Waals surface area contributed by atoms with Crippen molar-refractivity contribution in [2.75, 3.05) is 13.2 Å². The Balaban J connectivity index is 2.53. The van der Waals surface area contributed by atoms with Crippen LogP contribution in [0.15, 0.2) is 0 Å². The number of epoxide rings is 1. The van der Waals surface area contributed by atoms with Gasteiger partial charge in [-0.1, -0.05) is 20.8 Å². The van der Waals surface area contributed by atoms with Gasteiger partial charge in [0.1, 0.15) is 12.7 Å². The van der Waals surface area contributed by atoms with Gasteiger partial charge in [0.15, 0.2) is 0 Å². The molecule has 88 valence electrons. The molecule has 1 heterocycles. The first-order valence-corrected chi connectivity index (χ1v) is 5.60. The number of carbonyl (C=O) groups excluding carboxylic acids is 1.